The third-order valence-corrected chi connectivity index (χ3v) is 3.35. The lowest BCUT2D eigenvalue weighted by molar-refractivity contribution is -0.137. The van der Waals surface area contributed by atoms with Gasteiger partial charge in [-0.3, -0.25) is 4.79 Å². The molecule has 0 bridgehead atoms. The molecule has 0 aliphatic carbocycles. The number of ether oxygens (including phenoxy) is 2. The van der Waals surface area contributed by atoms with Gasteiger partial charge in [0.2, 0.25) is 0 Å². The van der Waals surface area contributed by atoms with Gasteiger partial charge < -0.3 is 14.6 Å². The molecule has 0 saturated heterocycles. The summed E-state index contributed by atoms with van der Waals surface area (Å²) in [5.41, 5.74) is 1.90. The van der Waals surface area contributed by atoms with Gasteiger partial charge in [0, 0.05) is 17.2 Å². The Hall–Kier alpha value is -2.92. The van der Waals surface area contributed by atoms with Gasteiger partial charge in [0.15, 0.2) is 5.78 Å². The van der Waals surface area contributed by atoms with Gasteiger partial charge in [0.05, 0.1) is 13.2 Å². The summed E-state index contributed by atoms with van der Waals surface area (Å²) in [6, 6.07) is 13.7. The number of aliphatic hydroxyl groups excluding tert-OH is 1. The highest BCUT2D eigenvalue weighted by Gasteiger charge is 2.09. The van der Waals surface area contributed by atoms with Gasteiger partial charge in [0.1, 0.15) is 12.4 Å². The van der Waals surface area contributed by atoms with E-state index in [4.69, 9.17) is 14.6 Å². The van der Waals surface area contributed by atoms with E-state index in [-0.39, 0.29) is 19.0 Å². The zero-order valence-electron chi connectivity index (χ0n) is 14.0. The lowest BCUT2D eigenvalue weighted by Gasteiger charge is -2.06. The highest BCUT2D eigenvalue weighted by Crippen LogP contribution is 2.16. The fraction of sp³-hybridized carbons (Fsp3) is 0.200. The van der Waals surface area contributed by atoms with Gasteiger partial charge in [-0.25, -0.2) is 4.79 Å². The predicted molar refractivity (Wildman–Crippen MR) is 94.6 cm³/mol. The average Bonchev–Trinajstić information content (AvgIpc) is 2.65. The molecule has 0 unspecified atom stereocenters. The second kappa shape index (κ2) is 9.39. The number of hydrogen-bond donors (Lipinski definition) is 1. The maximum absolute atomic E-state index is 12.5. The van der Waals surface area contributed by atoms with Crippen LogP contribution < -0.4 is 4.74 Å². The highest BCUT2D eigenvalue weighted by molar-refractivity contribution is 6.09. The van der Waals surface area contributed by atoms with E-state index in [9.17, 15) is 9.59 Å². The van der Waals surface area contributed by atoms with Gasteiger partial charge in [-0.05, 0) is 42.8 Å². The SMILES string of the molecule is CCOC(=O)C=Cc1ccc(C(=O)c2ccc(OCCO)cc2)cc1. The van der Waals surface area contributed by atoms with E-state index < -0.39 is 5.97 Å². The minimum atomic E-state index is -0.397. The van der Waals surface area contributed by atoms with Crippen LogP contribution in [0.5, 0.6) is 5.75 Å². The number of benzene rings is 2. The molecule has 0 radical (unpaired) electrons. The molecule has 0 saturated carbocycles. The number of carbonyl (C=O) groups is 2. The molecule has 130 valence electrons. The van der Waals surface area contributed by atoms with E-state index in [1.807, 2.05) is 0 Å². The van der Waals surface area contributed by atoms with Crippen molar-refractivity contribution in [2.75, 3.05) is 19.8 Å². The first-order valence-corrected chi connectivity index (χ1v) is 7.97. The summed E-state index contributed by atoms with van der Waals surface area (Å²) in [4.78, 5) is 23.7. The van der Waals surface area contributed by atoms with Crippen LogP contribution in [-0.2, 0) is 9.53 Å². The molecular formula is C20H20O5. The third kappa shape index (κ3) is 5.58. The molecule has 0 atom stereocenters. The molecule has 2 aromatic rings. The van der Waals surface area contributed by atoms with Crippen LogP contribution in [0.3, 0.4) is 0 Å². The molecule has 0 spiro atoms. The molecule has 0 aliphatic rings. The number of esters is 1. The first-order valence-electron chi connectivity index (χ1n) is 7.97. The zero-order valence-corrected chi connectivity index (χ0v) is 14.0. The van der Waals surface area contributed by atoms with Crippen LogP contribution in [0.15, 0.2) is 54.6 Å². The number of rotatable bonds is 8. The summed E-state index contributed by atoms with van der Waals surface area (Å²) in [6.45, 7) is 2.24. The molecule has 0 aliphatic heterocycles. The van der Waals surface area contributed by atoms with Crippen LogP contribution in [0.4, 0.5) is 0 Å². The molecular weight excluding hydrogens is 320 g/mol. The van der Waals surface area contributed by atoms with E-state index in [1.54, 1.807) is 61.5 Å². The Labute approximate surface area is 146 Å². The molecule has 0 amide bonds. The second-order valence-corrected chi connectivity index (χ2v) is 5.13. The van der Waals surface area contributed by atoms with Crippen LogP contribution >= 0.6 is 0 Å². The topological polar surface area (TPSA) is 72.8 Å². The van der Waals surface area contributed by atoms with Gasteiger partial charge in [0.25, 0.3) is 0 Å². The van der Waals surface area contributed by atoms with Gasteiger partial charge in [-0.2, -0.15) is 0 Å². The number of ketones is 1. The minimum Gasteiger partial charge on any atom is -0.491 e. The largest absolute Gasteiger partial charge is 0.491 e. The molecule has 2 rings (SSSR count). The molecule has 25 heavy (non-hydrogen) atoms. The van der Waals surface area contributed by atoms with Crippen molar-refractivity contribution in [1.29, 1.82) is 0 Å². The van der Waals surface area contributed by atoms with Crippen molar-refractivity contribution >= 4 is 17.8 Å². The van der Waals surface area contributed by atoms with Crippen LogP contribution in [0, 0.1) is 0 Å². The summed E-state index contributed by atoms with van der Waals surface area (Å²) in [5.74, 6) is 0.103. The zero-order chi connectivity index (χ0) is 18.1. The predicted octanol–water partition coefficient (Wildman–Crippen LogP) is 2.87. The van der Waals surface area contributed by atoms with Crippen molar-refractivity contribution in [3.05, 3.63) is 71.3 Å². The third-order valence-electron chi connectivity index (χ3n) is 3.35. The Balaban J connectivity index is 2.03. The molecule has 0 fully saturated rings. The van der Waals surface area contributed by atoms with E-state index in [0.717, 1.165) is 5.56 Å². The van der Waals surface area contributed by atoms with Crippen LogP contribution in [0.2, 0.25) is 0 Å². The summed E-state index contributed by atoms with van der Waals surface area (Å²) < 4.78 is 10.1. The Morgan fingerprint density at radius 1 is 1.00 bits per heavy atom. The smallest absolute Gasteiger partial charge is 0.330 e. The van der Waals surface area contributed by atoms with E-state index in [1.165, 1.54) is 6.08 Å². The Morgan fingerprint density at radius 3 is 2.16 bits per heavy atom. The highest BCUT2D eigenvalue weighted by atomic mass is 16.5. The number of hydrogen-bond acceptors (Lipinski definition) is 5. The average molecular weight is 340 g/mol. The summed E-state index contributed by atoms with van der Waals surface area (Å²) in [7, 11) is 0. The number of carbonyl (C=O) groups excluding carboxylic acids is 2. The van der Waals surface area contributed by atoms with E-state index in [2.05, 4.69) is 0 Å². The summed E-state index contributed by atoms with van der Waals surface area (Å²) >= 11 is 0. The van der Waals surface area contributed by atoms with Crippen LogP contribution in [0.25, 0.3) is 6.08 Å². The van der Waals surface area contributed by atoms with Crippen molar-refractivity contribution in [1.82, 2.24) is 0 Å². The maximum atomic E-state index is 12.5. The first-order chi connectivity index (χ1) is 12.1. The molecule has 1 N–H and O–H groups in total. The lowest BCUT2D eigenvalue weighted by atomic mass is 10.0. The van der Waals surface area contributed by atoms with Gasteiger partial charge >= 0.3 is 5.97 Å². The first kappa shape index (κ1) is 18.4. The Bertz CT molecular complexity index is 730. The summed E-state index contributed by atoms with van der Waals surface area (Å²) in [5, 5.41) is 8.73. The van der Waals surface area contributed by atoms with Crippen molar-refractivity contribution in [3.8, 4) is 5.75 Å². The molecule has 5 heteroatoms. The Morgan fingerprint density at radius 2 is 1.60 bits per heavy atom. The van der Waals surface area contributed by atoms with Crippen molar-refractivity contribution < 1.29 is 24.2 Å². The van der Waals surface area contributed by atoms with Crippen LogP contribution in [0.1, 0.15) is 28.4 Å². The fourth-order valence-corrected chi connectivity index (χ4v) is 2.13. The van der Waals surface area contributed by atoms with E-state index >= 15 is 0 Å². The molecule has 5 nitrogen and oxygen atoms in total. The maximum Gasteiger partial charge on any atom is 0.330 e. The monoisotopic (exact) mass is 340 g/mol. The van der Waals surface area contributed by atoms with E-state index in [0.29, 0.717) is 23.5 Å². The normalized spacial score (nSPS) is 10.6. The quantitative estimate of drug-likeness (QED) is 0.454. The van der Waals surface area contributed by atoms with Crippen molar-refractivity contribution in [2.45, 2.75) is 6.92 Å². The Kier molecular flexibility index (Phi) is 6.92. The lowest BCUT2D eigenvalue weighted by Crippen LogP contribution is -2.03. The van der Waals surface area contributed by atoms with Crippen molar-refractivity contribution in [2.24, 2.45) is 0 Å². The second-order valence-electron chi connectivity index (χ2n) is 5.13. The van der Waals surface area contributed by atoms with Crippen LogP contribution in [-0.4, -0.2) is 36.7 Å². The van der Waals surface area contributed by atoms with Gasteiger partial charge in [-0.15, -0.1) is 0 Å². The standard InChI is InChI=1S/C20H20O5/c1-2-24-19(22)12-5-15-3-6-16(7-4-15)20(23)17-8-10-18(11-9-17)25-14-13-21/h3-12,21H,2,13-14H2,1H3. The fourth-order valence-electron chi connectivity index (χ4n) is 2.13. The minimum absolute atomic E-state index is 0.0579. The summed E-state index contributed by atoms with van der Waals surface area (Å²) in [6.07, 6.45) is 2.99. The molecule has 2 aromatic carbocycles. The number of aliphatic hydroxyl groups is 1. The molecule has 0 heterocycles. The van der Waals surface area contributed by atoms with Gasteiger partial charge in [-0.1, -0.05) is 24.3 Å². The van der Waals surface area contributed by atoms with Crippen molar-refractivity contribution in [3.63, 3.8) is 0 Å². The molecule has 0 aromatic heterocycles.